The normalized spacial score (nSPS) is 13.1. The van der Waals surface area contributed by atoms with Gasteiger partial charge in [0, 0.05) is 11.6 Å². The molecular formula is C21H21N5O2S. The summed E-state index contributed by atoms with van der Waals surface area (Å²) in [6, 6.07) is 15.2. The predicted octanol–water partition coefficient (Wildman–Crippen LogP) is 3.40. The van der Waals surface area contributed by atoms with Gasteiger partial charge in [-0.25, -0.2) is 4.98 Å². The minimum absolute atomic E-state index is 0.143. The van der Waals surface area contributed by atoms with Gasteiger partial charge in [-0.2, -0.15) is 0 Å². The Kier molecular flexibility index (Phi) is 5.62. The summed E-state index contributed by atoms with van der Waals surface area (Å²) in [5.41, 5.74) is 3.09. The highest BCUT2D eigenvalue weighted by Gasteiger charge is 2.25. The fraction of sp³-hybridized carbons (Fsp3) is 0.238. The van der Waals surface area contributed by atoms with E-state index in [1.165, 1.54) is 17.3 Å². The zero-order chi connectivity index (χ0) is 20.2. The Morgan fingerprint density at radius 3 is 2.66 bits per heavy atom. The molecule has 0 aliphatic heterocycles. The van der Waals surface area contributed by atoms with Crippen LogP contribution in [0, 0.1) is 6.92 Å². The molecule has 0 unspecified atom stereocenters. The number of aromatic amines is 1. The molecule has 2 amide bonds. The third-order valence-corrected chi connectivity index (χ3v) is 5.33. The monoisotopic (exact) mass is 407 g/mol. The largest absolute Gasteiger partial charge is 0.349 e. The van der Waals surface area contributed by atoms with Crippen molar-refractivity contribution >= 4 is 29.3 Å². The SMILES string of the molecule is Cc1ccc(-c2nc(SCC(=O)Nc3ccccc3C(=O)NC3CC3)n[nH]2)cc1. The fourth-order valence-corrected chi connectivity index (χ4v) is 3.35. The summed E-state index contributed by atoms with van der Waals surface area (Å²) in [7, 11) is 0. The maximum Gasteiger partial charge on any atom is 0.253 e. The van der Waals surface area contributed by atoms with E-state index in [4.69, 9.17) is 0 Å². The molecule has 7 nitrogen and oxygen atoms in total. The molecule has 148 valence electrons. The molecule has 0 saturated heterocycles. The predicted molar refractivity (Wildman–Crippen MR) is 113 cm³/mol. The van der Waals surface area contributed by atoms with Crippen molar-refractivity contribution in [3.63, 3.8) is 0 Å². The number of carbonyl (C=O) groups is 2. The van der Waals surface area contributed by atoms with E-state index in [-0.39, 0.29) is 23.6 Å². The number of aromatic nitrogens is 3. The average Bonchev–Trinajstić information content (AvgIpc) is 3.41. The van der Waals surface area contributed by atoms with Crippen molar-refractivity contribution in [1.82, 2.24) is 20.5 Å². The lowest BCUT2D eigenvalue weighted by molar-refractivity contribution is -0.113. The number of carbonyl (C=O) groups excluding carboxylic acids is 2. The quantitative estimate of drug-likeness (QED) is 0.521. The molecule has 2 aromatic carbocycles. The fourth-order valence-electron chi connectivity index (χ4n) is 2.75. The zero-order valence-corrected chi connectivity index (χ0v) is 16.8. The Hall–Kier alpha value is -3.13. The molecular weight excluding hydrogens is 386 g/mol. The van der Waals surface area contributed by atoms with Gasteiger partial charge >= 0.3 is 0 Å². The highest BCUT2D eigenvalue weighted by atomic mass is 32.2. The lowest BCUT2D eigenvalue weighted by Crippen LogP contribution is -2.27. The van der Waals surface area contributed by atoms with Gasteiger partial charge in [0.05, 0.1) is 17.0 Å². The van der Waals surface area contributed by atoms with Crippen molar-refractivity contribution in [3.8, 4) is 11.4 Å². The number of para-hydroxylation sites is 1. The summed E-state index contributed by atoms with van der Waals surface area (Å²) in [4.78, 5) is 29.2. The van der Waals surface area contributed by atoms with E-state index < -0.39 is 0 Å². The Morgan fingerprint density at radius 1 is 1.14 bits per heavy atom. The highest BCUT2D eigenvalue weighted by Crippen LogP contribution is 2.23. The Bertz CT molecular complexity index is 1030. The lowest BCUT2D eigenvalue weighted by atomic mass is 10.1. The first-order valence-corrected chi connectivity index (χ1v) is 10.4. The van der Waals surface area contributed by atoms with Gasteiger partial charge in [-0.3, -0.25) is 14.7 Å². The van der Waals surface area contributed by atoms with E-state index in [0.29, 0.717) is 22.2 Å². The first-order valence-electron chi connectivity index (χ1n) is 9.40. The van der Waals surface area contributed by atoms with Gasteiger partial charge in [-0.15, -0.1) is 5.10 Å². The average molecular weight is 407 g/mol. The molecule has 0 radical (unpaired) electrons. The smallest absolute Gasteiger partial charge is 0.253 e. The second kappa shape index (κ2) is 8.48. The molecule has 1 aromatic heterocycles. The molecule has 4 rings (SSSR count). The van der Waals surface area contributed by atoms with Crippen molar-refractivity contribution in [2.75, 3.05) is 11.1 Å². The molecule has 3 N–H and O–H groups in total. The van der Waals surface area contributed by atoms with Gasteiger partial charge in [0.15, 0.2) is 5.82 Å². The van der Waals surface area contributed by atoms with Crippen molar-refractivity contribution in [1.29, 1.82) is 0 Å². The molecule has 1 heterocycles. The maximum atomic E-state index is 12.4. The van der Waals surface area contributed by atoms with E-state index in [1.807, 2.05) is 31.2 Å². The standard InChI is InChI=1S/C21H21N5O2S/c1-13-6-8-14(9-7-13)19-24-21(26-25-19)29-12-18(27)23-17-5-3-2-4-16(17)20(28)22-15-10-11-15/h2-9,15H,10-12H2,1H3,(H,22,28)(H,23,27)(H,24,25,26). The minimum Gasteiger partial charge on any atom is -0.349 e. The molecule has 0 spiro atoms. The highest BCUT2D eigenvalue weighted by molar-refractivity contribution is 7.99. The van der Waals surface area contributed by atoms with Crippen LogP contribution in [-0.4, -0.2) is 38.8 Å². The van der Waals surface area contributed by atoms with Crippen LogP contribution in [0.4, 0.5) is 5.69 Å². The summed E-state index contributed by atoms with van der Waals surface area (Å²) in [6.07, 6.45) is 2.02. The number of hydrogen-bond donors (Lipinski definition) is 3. The zero-order valence-electron chi connectivity index (χ0n) is 15.9. The first kappa shape index (κ1) is 19.2. The van der Waals surface area contributed by atoms with Gasteiger partial charge in [-0.05, 0) is 31.9 Å². The molecule has 1 saturated carbocycles. The van der Waals surface area contributed by atoms with E-state index in [9.17, 15) is 9.59 Å². The van der Waals surface area contributed by atoms with Gasteiger partial charge in [0.2, 0.25) is 11.1 Å². The summed E-state index contributed by atoms with van der Waals surface area (Å²) in [5, 5.41) is 13.3. The van der Waals surface area contributed by atoms with Crippen molar-refractivity contribution in [2.45, 2.75) is 31.0 Å². The van der Waals surface area contributed by atoms with E-state index >= 15 is 0 Å². The molecule has 8 heteroatoms. The molecule has 29 heavy (non-hydrogen) atoms. The van der Waals surface area contributed by atoms with Crippen LogP contribution in [0.5, 0.6) is 0 Å². The second-order valence-corrected chi connectivity index (χ2v) is 7.91. The van der Waals surface area contributed by atoms with Crippen LogP contribution in [0.1, 0.15) is 28.8 Å². The van der Waals surface area contributed by atoms with Crippen LogP contribution in [0.15, 0.2) is 53.7 Å². The molecule has 0 atom stereocenters. The second-order valence-electron chi connectivity index (χ2n) is 6.96. The molecule has 3 aromatic rings. The lowest BCUT2D eigenvalue weighted by Gasteiger charge is -2.10. The first-order chi connectivity index (χ1) is 14.1. The van der Waals surface area contributed by atoms with Crippen molar-refractivity contribution < 1.29 is 9.59 Å². The number of hydrogen-bond acceptors (Lipinski definition) is 5. The van der Waals surface area contributed by atoms with Crippen LogP contribution in [0.25, 0.3) is 11.4 Å². The Labute approximate surface area is 172 Å². The summed E-state index contributed by atoms with van der Waals surface area (Å²) in [6.45, 7) is 2.03. The number of anilines is 1. The molecule has 1 aliphatic carbocycles. The van der Waals surface area contributed by atoms with Gasteiger partial charge in [0.1, 0.15) is 0 Å². The van der Waals surface area contributed by atoms with E-state index in [0.717, 1.165) is 18.4 Å². The number of rotatable bonds is 7. The maximum absolute atomic E-state index is 12.4. The van der Waals surface area contributed by atoms with Crippen molar-refractivity contribution in [3.05, 3.63) is 59.7 Å². The van der Waals surface area contributed by atoms with Crippen LogP contribution in [0.3, 0.4) is 0 Å². The Morgan fingerprint density at radius 2 is 1.90 bits per heavy atom. The summed E-state index contributed by atoms with van der Waals surface area (Å²) in [5.74, 6) is 0.426. The van der Waals surface area contributed by atoms with Crippen LogP contribution in [-0.2, 0) is 4.79 Å². The number of benzene rings is 2. The molecule has 1 aliphatic rings. The van der Waals surface area contributed by atoms with Gasteiger partial charge in [-0.1, -0.05) is 53.7 Å². The number of thioether (sulfide) groups is 1. The van der Waals surface area contributed by atoms with Gasteiger partial charge in [0.25, 0.3) is 5.91 Å². The van der Waals surface area contributed by atoms with Crippen LogP contribution in [0.2, 0.25) is 0 Å². The number of nitrogens with zero attached hydrogens (tertiary/aromatic N) is 2. The van der Waals surface area contributed by atoms with E-state index in [1.54, 1.807) is 24.3 Å². The van der Waals surface area contributed by atoms with E-state index in [2.05, 4.69) is 25.8 Å². The number of nitrogens with one attached hydrogen (secondary N) is 3. The number of aryl methyl sites for hydroxylation is 1. The minimum atomic E-state index is -0.219. The third kappa shape index (κ3) is 5.03. The number of amides is 2. The summed E-state index contributed by atoms with van der Waals surface area (Å²) >= 11 is 1.24. The van der Waals surface area contributed by atoms with Gasteiger partial charge < -0.3 is 10.6 Å². The topological polar surface area (TPSA) is 99.8 Å². The van der Waals surface area contributed by atoms with Crippen LogP contribution < -0.4 is 10.6 Å². The molecule has 0 bridgehead atoms. The third-order valence-electron chi connectivity index (χ3n) is 4.48. The Balaban J connectivity index is 1.35. The van der Waals surface area contributed by atoms with Crippen molar-refractivity contribution in [2.24, 2.45) is 0 Å². The van der Waals surface area contributed by atoms with Crippen LogP contribution >= 0.6 is 11.8 Å². The molecule has 1 fully saturated rings. The number of H-pyrrole nitrogens is 1. The summed E-state index contributed by atoms with van der Waals surface area (Å²) < 4.78 is 0.